The van der Waals surface area contributed by atoms with Gasteiger partial charge in [-0.25, -0.2) is 0 Å². The van der Waals surface area contributed by atoms with Gasteiger partial charge in [-0.05, 0) is 70.6 Å². The third-order valence-electron chi connectivity index (χ3n) is 20.1. The second-order valence-electron chi connectivity index (χ2n) is 29.2. The summed E-state index contributed by atoms with van der Waals surface area (Å²) in [4.78, 5) is 13.4. The van der Waals surface area contributed by atoms with Gasteiger partial charge in [-0.2, -0.15) is 0 Å². The van der Waals surface area contributed by atoms with Crippen LogP contribution in [0.4, 0.5) is 0 Å². The lowest BCUT2D eigenvalue weighted by atomic mass is 9.97. The normalized spacial score (nSPS) is 22.3. The fraction of sp³-hybridized carbons (Fsp3) is 0.847. The summed E-state index contributed by atoms with van der Waals surface area (Å²) in [7, 11) is 0. The van der Waals surface area contributed by atoms with Crippen molar-refractivity contribution in [3.8, 4) is 0 Å². The summed E-state index contributed by atoms with van der Waals surface area (Å²) in [6, 6.07) is -0.933. The molecule has 0 aromatic rings. The van der Waals surface area contributed by atoms with Crippen LogP contribution in [-0.4, -0.2) is 140 Å². The third-order valence-corrected chi connectivity index (χ3v) is 20.1. The topological polar surface area (TPSA) is 228 Å². The molecule has 99 heavy (non-hydrogen) atoms. The molecule has 9 N–H and O–H groups in total. The maximum Gasteiger partial charge on any atom is 0.220 e. The summed E-state index contributed by atoms with van der Waals surface area (Å²) in [6.07, 6.45) is 78.7. The Balaban J connectivity index is 1.57. The summed E-state index contributed by atoms with van der Waals surface area (Å²) >= 11 is 0. The Morgan fingerprint density at radius 2 is 0.707 bits per heavy atom. The summed E-state index contributed by atoms with van der Waals surface area (Å²) in [5, 5.41) is 87.7. The molecule has 578 valence electrons. The minimum Gasteiger partial charge on any atom is -0.394 e. The molecule has 0 saturated carbocycles. The van der Waals surface area contributed by atoms with Crippen LogP contribution < -0.4 is 5.32 Å². The van der Waals surface area contributed by atoms with Crippen LogP contribution in [0, 0.1) is 0 Å². The predicted molar refractivity (Wildman–Crippen MR) is 410 cm³/mol. The maximum absolute atomic E-state index is 13.4. The zero-order valence-electron chi connectivity index (χ0n) is 63.5. The molecule has 2 aliphatic heterocycles. The van der Waals surface area contributed by atoms with Crippen LogP contribution in [0.25, 0.3) is 0 Å². The van der Waals surface area contributed by atoms with Gasteiger partial charge in [0.2, 0.25) is 5.91 Å². The molecular weight excluding hydrogens is 1240 g/mol. The highest BCUT2D eigenvalue weighted by atomic mass is 16.7. The molecule has 0 aliphatic carbocycles. The Bertz CT molecular complexity index is 1940. The zero-order valence-corrected chi connectivity index (χ0v) is 63.5. The standard InChI is InChI=1S/C85H155NO13/c1-3-5-7-9-11-13-15-17-19-21-23-25-27-29-30-31-32-33-34-35-36-37-38-39-40-41-42-43-44-45-47-49-51-53-55-57-59-61-63-65-67-69-77(90)86-73(72-96-84-82(95)80(93)83(76(71-88)98-84)99-85-81(94)79(92)78(91)75(70-87)97-85)74(89)68-66-64-62-60-58-56-54-52-50-48-46-28-26-24-22-20-18-16-14-12-10-8-6-4-2/h5,7,11,13,17,19,23,25,58,60,66,68,73-76,78-85,87-89,91-95H,3-4,6,8-10,12,14-16,18,20-22,24,26-57,59,61-65,67,69-72H2,1-2H3,(H,86,90)/b7-5-,13-11-,19-17-,25-23-,60-58+,68-66+. The number of carbonyl (C=O) groups is 1. The van der Waals surface area contributed by atoms with Crippen LogP contribution in [0.1, 0.15) is 367 Å². The highest BCUT2D eigenvalue weighted by Crippen LogP contribution is 2.30. The van der Waals surface area contributed by atoms with Crippen molar-refractivity contribution in [1.29, 1.82) is 0 Å². The van der Waals surface area contributed by atoms with Crippen LogP contribution in [0.2, 0.25) is 0 Å². The largest absolute Gasteiger partial charge is 0.394 e. The molecule has 14 heteroatoms. The molecule has 0 spiro atoms. The molecule has 2 rings (SSSR count). The van der Waals surface area contributed by atoms with Crippen LogP contribution >= 0.6 is 0 Å². The quantitative estimate of drug-likeness (QED) is 0.0204. The van der Waals surface area contributed by atoms with Gasteiger partial charge in [-0.3, -0.25) is 4.79 Å². The first-order valence-electron chi connectivity index (χ1n) is 41.7. The van der Waals surface area contributed by atoms with Crippen molar-refractivity contribution in [2.45, 2.75) is 441 Å². The van der Waals surface area contributed by atoms with Crippen LogP contribution in [0.3, 0.4) is 0 Å². The number of nitrogens with one attached hydrogen (secondary N) is 1. The van der Waals surface area contributed by atoms with Crippen molar-refractivity contribution in [3.63, 3.8) is 0 Å². The fourth-order valence-electron chi connectivity index (χ4n) is 13.6. The van der Waals surface area contributed by atoms with E-state index in [1.807, 2.05) is 6.08 Å². The summed E-state index contributed by atoms with van der Waals surface area (Å²) in [5.74, 6) is -0.242. The molecule has 0 bridgehead atoms. The Morgan fingerprint density at radius 3 is 1.11 bits per heavy atom. The zero-order chi connectivity index (χ0) is 71.5. The minimum absolute atomic E-state index is 0.242. The number of carbonyl (C=O) groups excluding carboxylic acids is 1. The summed E-state index contributed by atoms with van der Waals surface area (Å²) in [6.45, 7) is 2.72. The van der Waals surface area contributed by atoms with E-state index in [0.717, 1.165) is 57.8 Å². The van der Waals surface area contributed by atoms with Gasteiger partial charge in [0.05, 0.1) is 32.0 Å². The minimum atomic E-state index is -1.79. The van der Waals surface area contributed by atoms with Gasteiger partial charge in [0, 0.05) is 6.42 Å². The van der Waals surface area contributed by atoms with E-state index in [9.17, 15) is 45.6 Å². The summed E-state index contributed by atoms with van der Waals surface area (Å²) in [5.41, 5.74) is 0. The first-order chi connectivity index (χ1) is 48.6. The molecular formula is C85H155NO13. The number of aliphatic hydroxyl groups excluding tert-OH is 8. The molecule has 0 radical (unpaired) electrons. The van der Waals surface area contributed by atoms with Gasteiger partial charge in [-0.1, -0.05) is 363 Å². The molecule has 12 unspecified atom stereocenters. The number of hydrogen-bond donors (Lipinski definition) is 9. The smallest absolute Gasteiger partial charge is 0.220 e. The van der Waals surface area contributed by atoms with Crippen molar-refractivity contribution in [2.24, 2.45) is 0 Å². The van der Waals surface area contributed by atoms with E-state index in [0.29, 0.717) is 12.8 Å². The molecule has 1 amide bonds. The number of rotatable bonds is 70. The first-order valence-corrected chi connectivity index (χ1v) is 41.7. The molecule has 2 saturated heterocycles. The Hall–Kier alpha value is -2.57. The lowest BCUT2D eigenvalue weighted by molar-refractivity contribution is -0.359. The number of unbranched alkanes of at least 4 members (excludes halogenated alkanes) is 47. The monoisotopic (exact) mass is 1400 g/mol. The number of amides is 1. The molecule has 2 aliphatic rings. The van der Waals surface area contributed by atoms with Gasteiger partial charge in [0.1, 0.15) is 48.8 Å². The number of ether oxygens (including phenoxy) is 4. The van der Waals surface area contributed by atoms with Gasteiger partial charge >= 0.3 is 0 Å². The van der Waals surface area contributed by atoms with Crippen molar-refractivity contribution >= 4 is 5.91 Å². The van der Waals surface area contributed by atoms with Gasteiger partial charge in [0.15, 0.2) is 12.6 Å². The molecule has 2 heterocycles. The number of hydrogen-bond acceptors (Lipinski definition) is 13. The predicted octanol–water partition coefficient (Wildman–Crippen LogP) is 19.3. The van der Waals surface area contributed by atoms with Crippen molar-refractivity contribution in [3.05, 3.63) is 72.9 Å². The highest BCUT2D eigenvalue weighted by molar-refractivity contribution is 5.76. The highest BCUT2D eigenvalue weighted by Gasteiger charge is 2.51. The summed E-state index contributed by atoms with van der Waals surface area (Å²) < 4.78 is 22.9. The Labute approximate surface area is 606 Å². The lowest BCUT2D eigenvalue weighted by Gasteiger charge is -2.46. The molecule has 14 nitrogen and oxygen atoms in total. The van der Waals surface area contributed by atoms with E-state index < -0.39 is 86.8 Å². The molecule has 2 fully saturated rings. The van der Waals surface area contributed by atoms with E-state index in [2.05, 4.69) is 79.9 Å². The fourth-order valence-corrected chi connectivity index (χ4v) is 13.6. The molecule has 0 aromatic carbocycles. The molecule has 12 atom stereocenters. The van der Waals surface area contributed by atoms with Crippen molar-refractivity contribution in [1.82, 2.24) is 5.32 Å². The second kappa shape index (κ2) is 68.5. The SMILES string of the molecule is CC/C=C\C/C=C\C/C=C\C/C=C\CCCCCCCCCCCCCCCCCCCCCCCCCCCCCCC(=O)NC(COC1OC(CO)C(OC2OC(CO)C(O)C(O)C2O)C(O)C1O)C(O)/C=C/CC/C=C/CCCCCCCCCCCCCCCCCCCC. The third kappa shape index (κ3) is 51.3. The second-order valence-corrected chi connectivity index (χ2v) is 29.2. The van der Waals surface area contributed by atoms with E-state index >= 15 is 0 Å². The maximum atomic E-state index is 13.4. The van der Waals surface area contributed by atoms with Crippen LogP contribution in [-0.2, 0) is 23.7 Å². The van der Waals surface area contributed by atoms with Crippen LogP contribution in [0.15, 0.2) is 72.9 Å². The van der Waals surface area contributed by atoms with Gasteiger partial charge in [-0.15, -0.1) is 0 Å². The first kappa shape index (κ1) is 92.5. The number of aliphatic hydroxyl groups is 8. The van der Waals surface area contributed by atoms with E-state index in [1.165, 1.54) is 276 Å². The van der Waals surface area contributed by atoms with Crippen molar-refractivity contribution in [2.75, 3.05) is 19.8 Å². The Morgan fingerprint density at radius 1 is 0.374 bits per heavy atom. The van der Waals surface area contributed by atoms with Crippen LogP contribution in [0.5, 0.6) is 0 Å². The van der Waals surface area contributed by atoms with Gasteiger partial charge in [0.25, 0.3) is 0 Å². The average molecular weight is 1400 g/mol. The van der Waals surface area contributed by atoms with E-state index in [1.54, 1.807) is 6.08 Å². The van der Waals surface area contributed by atoms with Crippen molar-refractivity contribution < 1.29 is 64.6 Å². The Kier molecular flexibility index (Phi) is 64.0. The number of allylic oxidation sites excluding steroid dienone is 11. The van der Waals surface area contributed by atoms with E-state index in [4.69, 9.17) is 18.9 Å². The van der Waals surface area contributed by atoms with Gasteiger partial charge < -0.3 is 65.1 Å². The van der Waals surface area contributed by atoms with E-state index in [-0.39, 0.29) is 18.9 Å². The lowest BCUT2D eigenvalue weighted by Crippen LogP contribution is -2.65. The average Bonchev–Trinajstić information content (AvgIpc) is 0.799. The molecule has 0 aromatic heterocycles.